The minimum Gasteiger partial charge on any atom is -0.506 e. The van der Waals surface area contributed by atoms with E-state index < -0.39 is 12.0 Å². The van der Waals surface area contributed by atoms with Gasteiger partial charge in [-0.1, -0.05) is 41.7 Å². The number of allylic oxidation sites excluding steroid dienone is 1. The first-order valence-electron chi connectivity index (χ1n) is 9.74. The van der Waals surface area contributed by atoms with E-state index in [0.717, 1.165) is 11.1 Å². The molecule has 2 aromatic carbocycles. The zero-order chi connectivity index (χ0) is 23.0. The Morgan fingerprint density at radius 1 is 1.25 bits per heavy atom. The van der Waals surface area contributed by atoms with Crippen LogP contribution in [0.25, 0.3) is 6.08 Å². The fraction of sp³-hybridized carbons (Fsp3) is 0.174. The van der Waals surface area contributed by atoms with Crippen LogP contribution in [0.3, 0.4) is 0 Å². The molecule has 0 spiro atoms. The molecule has 1 aromatic heterocycles. The molecule has 0 amide bonds. The van der Waals surface area contributed by atoms with Crippen LogP contribution in [-0.4, -0.2) is 22.2 Å². The highest BCUT2D eigenvalue weighted by molar-refractivity contribution is 14.1. The van der Waals surface area contributed by atoms with Gasteiger partial charge < -0.3 is 9.84 Å². The van der Waals surface area contributed by atoms with E-state index in [2.05, 4.69) is 50.2 Å². The molecule has 4 rings (SSSR count). The minimum atomic E-state index is -0.617. The number of hydrogen-bond donors (Lipinski definition) is 1. The van der Waals surface area contributed by atoms with Crippen LogP contribution in [-0.2, 0) is 9.53 Å². The first kappa shape index (κ1) is 23.2. The summed E-state index contributed by atoms with van der Waals surface area (Å²) in [6.45, 7) is 3.75. The molecule has 0 aliphatic carbocycles. The van der Waals surface area contributed by atoms with Crippen molar-refractivity contribution in [2.75, 3.05) is 6.61 Å². The van der Waals surface area contributed by atoms with Crippen LogP contribution < -0.4 is 14.9 Å². The third-order valence-corrected chi connectivity index (χ3v) is 7.60. The van der Waals surface area contributed by atoms with Crippen LogP contribution in [0.2, 0.25) is 0 Å². The lowest BCUT2D eigenvalue weighted by Crippen LogP contribution is -2.39. The number of ether oxygens (including phenoxy) is 1. The highest BCUT2D eigenvalue weighted by atomic mass is 127. The summed E-state index contributed by atoms with van der Waals surface area (Å²) < 4.78 is 8.78. The number of esters is 1. The van der Waals surface area contributed by atoms with Crippen molar-refractivity contribution in [3.8, 4) is 5.75 Å². The molecule has 1 N–H and O–H groups in total. The van der Waals surface area contributed by atoms with Gasteiger partial charge in [-0.2, -0.15) is 0 Å². The number of aromatic hydroxyl groups is 1. The summed E-state index contributed by atoms with van der Waals surface area (Å²) >= 11 is 5.40. The van der Waals surface area contributed by atoms with E-state index in [1.165, 1.54) is 11.3 Å². The maximum atomic E-state index is 13.5. The maximum absolute atomic E-state index is 13.5. The average Bonchev–Trinajstić information content (AvgIpc) is 3.06. The molecule has 0 radical (unpaired) electrons. The number of rotatable bonds is 4. The molecule has 0 bridgehead atoms. The Kier molecular flexibility index (Phi) is 6.86. The number of phenolic OH excluding ortho intramolecular Hbond substituents is 1. The smallest absolute Gasteiger partial charge is 0.338 e. The molecular formula is C23H18I2N2O4S. The van der Waals surface area contributed by atoms with E-state index in [1.54, 1.807) is 24.5 Å². The van der Waals surface area contributed by atoms with E-state index in [1.807, 2.05) is 42.5 Å². The third-order valence-electron chi connectivity index (χ3n) is 4.97. The van der Waals surface area contributed by atoms with Crippen LogP contribution >= 0.6 is 56.5 Å². The Bertz CT molecular complexity index is 1400. The number of benzene rings is 2. The molecule has 1 aliphatic rings. The van der Waals surface area contributed by atoms with Gasteiger partial charge in [0.15, 0.2) is 4.80 Å². The molecular weight excluding hydrogens is 654 g/mol. The number of nitrogens with zero attached hydrogens (tertiary/aromatic N) is 2. The van der Waals surface area contributed by atoms with Gasteiger partial charge >= 0.3 is 5.97 Å². The second kappa shape index (κ2) is 9.48. The zero-order valence-corrected chi connectivity index (χ0v) is 22.3. The number of phenols is 1. The number of thiazole rings is 1. The van der Waals surface area contributed by atoms with Gasteiger partial charge in [0.25, 0.3) is 5.56 Å². The summed E-state index contributed by atoms with van der Waals surface area (Å²) in [5.74, 6) is -0.247. The number of carbonyl (C=O) groups excluding carboxylic acids is 1. The second-order valence-electron chi connectivity index (χ2n) is 7.05. The lowest BCUT2D eigenvalue weighted by Gasteiger charge is -2.24. The summed E-state index contributed by atoms with van der Waals surface area (Å²) in [7, 11) is 0. The summed E-state index contributed by atoms with van der Waals surface area (Å²) in [5, 5.41) is 10.0. The quantitative estimate of drug-likeness (QED) is 0.339. The van der Waals surface area contributed by atoms with Crippen molar-refractivity contribution in [3.63, 3.8) is 0 Å². The molecule has 3 aromatic rings. The average molecular weight is 672 g/mol. The summed E-state index contributed by atoms with van der Waals surface area (Å²) in [4.78, 5) is 31.5. The molecule has 1 unspecified atom stereocenters. The van der Waals surface area contributed by atoms with Gasteiger partial charge in [0.05, 0.1) is 35.6 Å². The lowest BCUT2D eigenvalue weighted by molar-refractivity contribution is -0.139. The topological polar surface area (TPSA) is 80.9 Å². The van der Waals surface area contributed by atoms with Crippen molar-refractivity contribution in [3.05, 3.63) is 91.7 Å². The van der Waals surface area contributed by atoms with Gasteiger partial charge in [-0.3, -0.25) is 9.36 Å². The van der Waals surface area contributed by atoms with Gasteiger partial charge in [0, 0.05) is 0 Å². The van der Waals surface area contributed by atoms with Crippen molar-refractivity contribution in [1.82, 2.24) is 4.57 Å². The van der Waals surface area contributed by atoms with E-state index in [-0.39, 0.29) is 17.9 Å². The SMILES string of the molecule is CCOC(=O)C1=C(C)N=c2sc(=Cc3cc(I)c(O)c(I)c3)c(=O)n2C1c1ccccc1. The molecule has 9 heteroatoms. The Hall–Kier alpha value is -1.99. The number of fused-ring (bicyclic) bond motifs is 1. The predicted octanol–water partition coefficient (Wildman–Crippen LogP) is 3.71. The molecule has 164 valence electrons. The second-order valence-corrected chi connectivity index (χ2v) is 10.4. The van der Waals surface area contributed by atoms with E-state index >= 15 is 0 Å². The molecule has 0 saturated heterocycles. The minimum absolute atomic E-state index is 0.226. The summed E-state index contributed by atoms with van der Waals surface area (Å²) in [6.07, 6.45) is 1.79. The Labute approximate surface area is 215 Å². The lowest BCUT2D eigenvalue weighted by atomic mass is 9.96. The van der Waals surface area contributed by atoms with Gasteiger partial charge in [-0.25, -0.2) is 9.79 Å². The van der Waals surface area contributed by atoms with Crippen LogP contribution in [0.1, 0.15) is 31.0 Å². The maximum Gasteiger partial charge on any atom is 0.338 e. The zero-order valence-electron chi connectivity index (χ0n) is 17.1. The highest BCUT2D eigenvalue weighted by Gasteiger charge is 2.33. The van der Waals surface area contributed by atoms with Crippen molar-refractivity contribution < 1.29 is 14.6 Å². The molecule has 0 saturated carbocycles. The number of carbonyl (C=O) groups is 1. The van der Waals surface area contributed by atoms with Crippen LogP contribution in [0.15, 0.2) is 63.5 Å². The Morgan fingerprint density at radius 3 is 2.53 bits per heavy atom. The van der Waals surface area contributed by atoms with Crippen molar-refractivity contribution in [1.29, 1.82) is 0 Å². The summed E-state index contributed by atoms with van der Waals surface area (Å²) in [6, 6.07) is 12.5. The molecule has 32 heavy (non-hydrogen) atoms. The first-order chi connectivity index (χ1) is 15.3. The molecule has 6 nitrogen and oxygen atoms in total. The molecule has 2 heterocycles. The monoisotopic (exact) mass is 672 g/mol. The Balaban J connectivity index is 1.96. The normalized spacial score (nSPS) is 16.0. The standard InChI is InChI=1S/C23H18I2N2O4S/c1-3-31-22(30)18-12(2)26-23-27(19(18)14-7-5-4-6-8-14)21(29)17(32-23)11-13-9-15(24)20(28)16(25)10-13/h4-11,19,28H,3H2,1-2H3. The molecule has 0 fully saturated rings. The van der Waals surface area contributed by atoms with Crippen molar-refractivity contribution >= 4 is 68.6 Å². The van der Waals surface area contributed by atoms with E-state index in [4.69, 9.17) is 4.74 Å². The van der Waals surface area contributed by atoms with Gasteiger partial charge in [-0.05, 0) is 88.4 Å². The fourth-order valence-electron chi connectivity index (χ4n) is 3.56. The largest absolute Gasteiger partial charge is 0.506 e. The van der Waals surface area contributed by atoms with Gasteiger partial charge in [0.1, 0.15) is 5.75 Å². The predicted molar refractivity (Wildman–Crippen MR) is 140 cm³/mol. The van der Waals surface area contributed by atoms with Crippen molar-refractivity contribution in [2.24, 2.45) is 4.99 Å². The molecule has 1 atom stereocenters. The van der Waals surface area contributed by atoms with Crippen LogP contribution in [0.4, 0.5) is 0 Å². The first-order valence-corrected chi connectivity index (χ1v) is 12.7. The van der Waals surface area contributed by atoms with Crippen LogP contribution in [0.5, 0.6) is 5.75 Å². The fourth-order valence-corrected chi connectivity index (χ4v) is 6.42. The van der Waals surface area contributed by atoms with Crippen molar-refractivity contribution in [2.45, 2.75) is 19.9 Å². The van der Waals surface area contributed by atoms with E-state index in [9.17, 15) is 14.7 Å². The number of halogens is 2. The molecule has 1 aliphatic heterocycles. The van der Waals surface area contributed by atoms with Gasteiger partial charge in [0.2, 0.25) is 0 Å². The summed E-state index contributed by atoms with van der Waals surface area (Å²) in [5.41, 5.74) is 2.30. The van der Waals surface area contributed by atoms with Gasteiger partial charge in [-0.15, -0.1) is 0 Å². The third kappa shape index (κ3) is 4.29. The number of hydrogen-bond acceptors (Lipinski definition) is 6. The number of aromatic nitrogens is 1. The highest BCUT2D eigenvalue weighted by Crippen LogP contribution is 2.31. The van der Waals surface area contributed by atoms with E-state index in [0.29, 0.717) is 27.7 Å². The Morgan fingerprint density at radius 2 is 1.91 bits per heavy atom. The van der Waals surface area contributed by atoms with Crippen LogP contribution in [0, 0.1) is 7.14 Å².